The van der Waals surface area contributed by atoms with E-state index in [1.54, 1.807) is 0 Å². The SMILES string of the molecule is CC[C@]1(CO)CCCN(C(=O)c2cccc(-c3c(C)cccc3Cl)c2)C1. The van der Waals surface area contributed by atoms with Crippen molar-refractivity contribution < 1.29 is 9.90 Å². The van der Waals surface area contributed by atoms with Gasteiger partial charge in [-0.15, -0.1) is 0 Å². The van der Waals surface area contributed by atoms with Gasteiger partial charge in [-0.1, -0.05) is 42.8 Å². The normalized spacial score (nSPS) is 20.2. The zero-order valence-electron chi connectivity index (χ0n) is 15.5. The lowest BCUT2D eigenvalue weighted by Gasteiger charge is -2.41. The van der Waals surface area contributed by atoms with E-state index in [0.717, 1.165) is 42.5 Å². The van der Waals surface area contributed by atoms with Crippen molar-refractivity contribution >= 4 is 17.5 Å². The molecule has 26 heavy (non-hydrogen) atoms. The Labute approximate surface area is 160 Å². The van der Waals surface area contributed by atoms with Gasteiger partial charge in [0.25, 0.3) is 5.91 Å². The Bertz CT molecular complexity index is 778. The van der Waals surface area contributed by atoms with Crippen molar-refractivity contribution in [2.24, 2.45) is 5.41 Å². The summed E-state index contributed by atoms with van der Waals surface area (Å²) in [6.07, 6.45) is 2.79. The molecule has 1 saturated heterocycles. The fraction of sp³-hybridized carbons (Fsp3) is 0.409. The maximum Gasteiger partial charge on any atom is 0.253 e. The van der Waals surface area contributed by atoms with E-state index in [1.807, 2.05) is 54.3 Å². The van der Waals surface area contributed by atoms with Gasteiger partial charge in [-0.05, 0) is 55.5 Å². The quantitative estimate of drug-likeness (QED) is 0.826. The average molecular weight is 372 g/mol. The number of benzene rings is 2. The summed E-state index contributed by atoms with van der Waals surface area (Å²) >= 11 is 6.40. The highest BCUT2D eigenvalue weighted by atomic mass is 35.5. The van der Waals surface area contributed by atoms with E-state index in [0.29, 0.717) is 17.1 Å². The van der Waals surface area contributed by atoms with E-state index in [-0.39, 0.29) is 17.9 Å². The van der Waals surface area contributed by atoms with E-state index in [1.165, 1.54) is 0 Å². The number of amides is 1. The van der Waals surface area contributed by atoms with E-state index in [4.69, 9.17) is 11.6 Å². The number of aryl methyl sites for hydroxylation is 1. The second-order valence-corrected chi connectivity index (χ2v) is 7.76. The van der Waals surface area contributed by atoms with Crippen molar-refractivity contribution in [2.45, 2.75) is 33.1 Å². The summed E-state index contributed by atoms with van der Waals surface area (Å²) in [4.78, 5) is 15.0. The van der Waals surface area contributed by atoms with Crippen LogP contribution in [-0.4, -0.2) is 35.6 Å². The lowest BCUT2D eigenvalue weighted by atomic mass is 9.78. The molecule has 0 radical (unpaired) electrons. The van der Waals surface area contributed by atoms with E-state index < -0.39 is 0 Å². The lowest BCUT2D eigenvalue weighted by molar-refractivity contribution is 0.0252. The molecule has 3 rings (SSSR count). The third-order valence-corrected chi connectivity index (χ3v) is 5.97. The minimum absolute atomic E-state index is 0.0301. The Morgan fingerprint density at radius 1 is 1.27 bits per heavy atom. The molecule has 2 aromatic carbocycles. The summed E-state index contributed by atoms with van der Waals surface area (Å²) in [5.74, 6) is 0.0301. The topological polar surface area (TPSA) is 40.5 Å². The molecular formula is C22H26ClNO2. The Morgan fingerprint density at radius 3 is 2.73 bits per heavy atom. The molecular weight excluding hydrogens is 346 g/mol. The van der Waals surface area contributed by atoms with Gasteiger partial charge in [0.15, 0.2) is 0 Å². The van der Waals surface area contributed by atoms with Crippen molar-refractivity contribution in [2.75, 3.05) is 19.7 Å². The molecule has 1 heterocycles. The summed E-state index contributed by atoms with van der Waals surface area (Å²) in [7, 11) is 0. The van der Waals surface area contributed by atoms with Crippen LogP contribution in [0, 0.1) is 12.3 Å². The smallest absolute Gasteiger partial charge is 0.253 e. The molecule has 0 aliphatic carbocycles. The molecule has 1 aliphatic heterocycles. The predicted octanol–water partition coefficient (Wildman–Crippen LogP) is 4.94. The molecule has 0 saturated carbocycles. The minimum atomic E-state index is -0.162. The number of aliphatic hydroxyl groups excluding tert-OH is 1. The van der Waals surface area contributed by atoms with Crippen molar-refractivity contribution in [3.05, 3.63) is 58.6 Å². The van der Waals surface area contributed by atoms with Gasteiger partial charge in [0.1, 0.15) is 0 Å². The second-order valence-electron chi connectivity index (χ2n) is 7.35. The Balaban J connectivity index is 1.90. The number of carbonyl (C=O) groups excluding carboxylic acids is 1. The fourth-order valence-electron chi connectivity index (χ4n) is 3.90. The van der Waals surface area contributed by atoms with Gasteiger partial charge in [0.05, 0.1) is 6.61 Å². The fourth-order valence-corrected chi connectivity index (χ4v) is 4.23. The molecule has 0 spiro atoms. The number of carbonyl (C=O) groups is 1. The Morgan fingerprint density at radius 2 is 2.04 bits per heavy atom. The number of hydrogen-bond donors (Lipinski definition) is 1. The van der Waals surface area contributed by atoms with Crippen molar-refractivity contribution in [3.8, 4) is 11.1 Å². The third kappa shape index (κ3) is 3.65. The molecule has 138 valence electrons. The Kier molecular flexibility index (Phi) is 5.69. The number of piperidine rings is 1. The van der Waals surface area contributed by atoms with Crippen molar-refractivity contribution in [3.63, 3.8) is 0 Å². The third-order valence-electron chi connectivity index (χ3n) is 5.65. The number of rotatable bonds is 4. The summed E-state index contributed by atoms with van der Waals surface area (Å²) in [6.45, 7) is 5.61. The van der Waals surface area contributed by atoms with E-state index in [9.17, 15) is 9.90 Å². The van der Waals surface area contributed by atoms with Crippen LogP contribution < -0.4 is 0 Å². The summed E-state index contributed by atoms with van der Waals surface area (Å²) in [5.41, 5.74) is 3.53. The lowest BCUT2D eigenvalue weighted by Crippen LogP contribution is -2.47. The van der Waals surface area contributed by atoms with Gasteiger partial charge in [0, 0.05) is 34.7 Å². The summed E-state index contributed by atoms with van der Waals surface area (Å²) < 4.78 is 0. The highest BCUT2D eigenvalue weighted by Gasteiger charge is 2.35. The molecule has 0 bridgehead atoms. The average Bonchev–Trinajstić information content (AvgIpc) is 2.67. The van der Waals surface area contributed by atoms with Crippen LogP contribution in [0.25, 0.3) is 11.1 Å². The van der Waals surface area contributed by atoms with Crippen LogP contribution in [0.1, 0.15) is 42.1 Å². The van der Waals surface area contributed by atoms with Crippen molar-refractivity contribution in [1.82, 2.24) is 4.90 Å². The van der Waals surface area contributed by atoms with Gasteiger partial charge in [-0.2, -0.15) is 0 Å². The summed E-state index contributed by atoms with van der Waals surface area (Å²) in [5, 5.41) is 10.5. The van der Waals surface area contributed by atoms with Gasteiger partial charge in [-0.3, -0.25) is 4.79 Å². The monoisotopic (exact) mass is 371 g/mol. The van der Waals surface area contributed by atoms with Crippen LogP contribution in [0.15, 0.2) is 42.5 Å². The van der Waals surface area contributed by atoms with Gasteiger partial charge in [0.2, 0.25) is 0 Å². The first kappa shape index (κ1) is 18.9. The molecule has 2 aromatic rings. The number of halogens is 1. The van der Waals surface area contributed by atoms with Crippen molar-refractivity contribution in [1.29, 1.82) is 0 Å². The van der Waals surface area contributed by atoms with Gasteiger partial charge < -0.3 is 10.0 Å². The van der Waals surface area contributed by atoms with E-state index in [2.05, 4.69) is 6.92 Å². The standard InChI is InChI=1S/C22H26ClNO2/c1-3-22(15-25)11-6-12-24(14-22)21(26)18-9-5-8-17(13-18)20-16(2)7-4-10-19(20)23/h4-5,7-10,13,25H,3,6,11-12,14-15H2,1-2H3/t22-/m0/s1. The van der Waals surface area contributed by atoms with Gasteiger partial charge in [-0.25, -0.2) is 0 Å². The summed E-state index contributed by atoms with van der Waals surface area (Å²) in [6, 6.07) is 13.5. The molecule has 1 amide bonds. The zero-order valence-corrected chi connectivity index (χ0v) is 16.2. The van der Waals surface area contributed by atoms with Crippen LogP contribution >= 0.6 is 11.6 Å². The zero-order chi connectivity index (χ0) is 18.7. The van der Waals surface area contributed by atoms with Crippen LogP contribution in [0.4, 0.5) is 0 Å². The first-order valence-electron chi connectivity index (χ1n) is 9.25. The predicted molar refractivity (Wildman–Crippen MR) is 107 cm³/mol. The maximum atomic E-state index is 13.1. The molecule has 1 atom stereocenters. The molecule has 1 aliphatic rings. The Hall–Kier alpha value is -1.84. The van der Waals surface area contributed by atoms with Crippen LogP contribution in [0.3, 0.4) is 0 Å². The first-order chi connectivity index (χ1) is 12.5. The largest absolute Gasteiger partial charge is 0.396 e. The molecule has 4 heteroatoms. The second kappa shape index (κ2) is 7.81. The molecule has 0 unspecified atom stereocenters. The van der Waals surface area contributed by atoms with Gasteiger partial charge >= 0.3 is 0 Å². The number of likely N-dealkylation sites (tertiary alicyclic amines) is 1. The highest BCUT2D eigenvalue weighted by Crippen LogP contribution is 2.34. The van der Waals surface area contributed by atoms with Crippen LogP contribution in [0.5, 0.6) is 0 Å². The molecule has 3 nitrogen and oxygen atoms in total. The molecule has 1 N–H and O–H groups in total. The molecule has 1 fully saturated rings. The number of aliphatic hydroxyl groups is 1. The van der Waals surface area contributed by atoms with Crippen LogP contribution in [-0.2, 0) is 0 Å². The minimum Gasteiger partial charge on any atom is -0.396 e. The first-order valence-corrected chi connectivity index (χ1v) is 9.63. The number of hydrogen-bond acceptors (Lipinski definition) is 2. The number of nitrogens with zero attached hydrogens (tertiary/aromatic N) is 1. The highest BCUT2D eigenvalue weighted by molar-refractivity contribution is 6.33. The molecule has 0 aromatic heterocycles. The maximum absolute atomic E-state index is 13.1. The van der Waals surface area contributed by atoms with Crippen LogP contribution in [0.2, 0.25) is 5.02 Å². The van der Waals surface area contributed by atoms with E-state index >= 15 is 0 Å².